The number of aliphatic hydroxyl groups excluding tert-OH is 1. The normalized spacial score (nSPS) is 12.9. The molecule has 0 aliphatic rings. The zero-order valence-electron chi connectivity index (χ0n) is 9.93. The summed E-state index contributed by atoms with van der Waals surface area (Å²) >= 11 is 0. The smallest absolute Gasteiger partial charge is 0.108 e. The maximum absolute atomic E-state index is 9.64. The molecule has 0 radical (unpaired) electrons. The average Bonchev–Trinajstić information content (AvgIpc) is 2.67. The first kappa shape index (κ1) is 13.2. The van der Waals surface area contributed by atoms with Crippen LogP contribution in [0.2, 0.25) is 0 Å². The Bertz CT molecular complexity index is 289. The molecule has 16 heavy (non-hydrogen) atoms. The molecule has 1 N–H and O–H groups in total. The number of aryl methyl sites for hydroxylation is 2. The predicted octanol–water partition coefficient (Wildman–Crippen LogP) is 0.377. The highest BCUT2D eigenvalue weighted by molar-refractivity contribution is 4.91. The number of nitrogens with zero attached hydrogens (tertiary/aromatic N) is 2. The fourth-order valence-corrected chi connectivity index (χ4v) is 1.38. The molecule has 92 valence electrons. The lowest BCUT2D eigenvalue weighted by molar-refractivity contribution is 0.0104. The third-order valence-corrected chi connectivity index (χ3v) is 2.36. The summed E-state index contributed by atoms with van der Waals surface area (Å²) < 4.78 is 12.0. The second kappa shape index (κ2) is 7.38. The molecule has 5 heteroatoms. The van der Waals surface area contributed by atoms with E-state index in [1.165, 1.54) is 0 Å². The molecule has 0 aliphatic heterocycles. The number of aromatic nitrogens is 2. The van der Waals surface area contributed by atoms with E-state index in [9.17, 15) is 5.11 Å². The number of hydrogen-bond acceptors (Lipinski definition) is 4. The summed E-state index contributed by atoms with van der Waals surface area (Å²) in [4.78, 5) is 4.19. The van der Waals surface area contributed by atoms with Crippen molar-refractivity contribution in [2.45, 2.75) is 18.9 Å². The molecule has 1 aromatic heterocycles. The molecule has 0 saturated carbocycles. The van der Waals surface area contributed by atoms with Gasteiger partial charge in [-0.05, 0) is 6.42 Å². The maximum atomic E-state index is 9.64. The molecular formula is C11H20N2O3. The van der Waals surface area contributed by atoms with Gasteiger partial charge in [0, 0.05) is 33.0 Å². The summed E-state index contributed by atoms with van der Waals surface area (Å²) in [5, 5.41) is 9.64. The lowest BCUT2D eigenvalue weighted by Gasteiger charge is -2.10. The molecule has 0 amide bonds. The Balaban J connectivity index is 2.10. The van der Waals surface area contributed by atoms with E-state index in [0.29, 0.717) is 26.2 Å². The Hall–Kier alpha value is -0.910. The number of imidazole rings is 1. The molecule has 0 spiro atoms. The van der Waals surface area contributed by atoms with E-state index >= 15 is 0 Å². The van der Waals surface area contributed by atoms with Crippen LogP contribution in [0, 0.1) is 0 Å². The molecule has 0 aromatic carbocycles. The lowest BCUT2D eigenvalue weighted by Crippen LogP contribution is -2.18. The molecule has 5 nitrogen and oxygen atoms in total. The first-order chi connectivity index (χ1) is 7.74. The van der Waals surface area contributed by atoms with Gasteiger partial charge < -0.3 is 19.1 Å². The molecule has 1 rings (SSSR count). The summed E-state index contributed by atoms with van der Waals surface area (Å²) in [6.07, 6.45) is 4.65. The molecule has 1 atom stereocenters. The van der Waals surface area contributed by atoms with E-state index in [2.05, 4.69) is 4.98 Å². The van der Waals surface area contributed by atoms with E-state index < -0.39 is 6.10 Å². The van der Waals surface area contributed by atoms with Gasteiger partial charge in [0.15, 0.2) is 0 Å². The van der Waals surface area contributed by atoms with Crippen LogP contribution in [-0.4, -0.2) is 47.7 Å². The van der Waals surface area contributed by atoms with Crippen molar-refractivity contribution in [3.63, 3.8) is 0 Å². The van der Waals surface area contributed by atoms with Crippen LogP contribution in [0.25, 0.3) is 0 Å². The Morgan fingerprint density at radius 2 is 2.31 bits per heavy atom. The van der Waals surface area contributed by atoms with Gasteiger partial charge in [0.1, 0.15) is 5.82 Å². The van der Waals surface area contributed by atoms with Gasteiger partial charge in [0.25, 0.3) is 0 Å². The van der Waals surface area contributed by atoms with Gasteiger partial charge in [0.05, 0.1) is 25.9 Å². The van der Waals surface area contributed by atoms with Crippen LogP contribution in [0.5, 0.6) is 0 Å². The summed E-state index contributed by atoms with van der Waals surface area (Å²) in [5.41, 5.74) is 0. The highest BCUT2D eigenvalue weighted by atomic mass is 16.5. The zero-order valence-corrected chi connectivity index (χ0v) is 9.93. The molecule has 0 aliphatic carbocycles. The van der Waals surface area contributed by atoms with Gasteiger partial charge in [-0.15, -0.1) is 0 Å². The van der Waals surface area contributed by atoms with Crippen LogP contribution in [0.1, 0.15) is 12.2 Å². The van der Waals surface area contributed by atoms with Gasteiger partial charge in [-0.1, -0.05) is 0 Å². The minimum Gasteiger partial charge on any atom is -0.391 e. The summed E-state index contributed by atoms with van der Waals surface area (Å²) in [7, 11) is 3.57. The van der Waals surface area contributed by atoms with Crippen molar-refractivity contribution in [1.29, 1.82) is 0 Å². The highest BCUT2D eigenvalue weighted by Gasteiger charge is 2.06. The number of hydrogen-bond donors (Lipinski definition) is 1. The first-order valence-electron chi connectivity index (χ1n) is 5.45. The van der Waals surface area contributed by atoms with Crippen molar-refractivity contribution in [3.8, 4) is 0 Å². The van der Waals surface area contributed by atoms with Gasteiger partial charge in [-0.25, -0.2) is 4.98 Å². The van der Waals surface area contributed by atoms with Crippen LogP contribution in [0.4, 0.5) is 0 Å². The summed E-state index contributed by atoms with van der Waals surface area (Å²) in [6, 6.07) is 0. The van der Waals surface area contributed by atoms with Gasteiger partial charge >= 0.3 is 0 Å². The van der Waals surface area contributed by atoms with E-state index in [-0.39, 0.29) is 0 Å². The molecule has 1 unspecified atom stereocenters. The summed E-state index contributed by atoms with van der Waals surface area (Å²) in [6.45, 7) is 1.44. The van der Waals surface area contributed by atoms with Crippen molar-refractivity contribution < 1.29 is 14.6 Å². The van der Waals surface area contributed by atoms with E-state index in [4.69, 9.17) is 9.47 Å². The topological polar surface area (TPSA) is 56.5 Å². The Morgan fingerprint density at radius 3 is 2.94 bits per heavy atom. The van der Waals surface area contributed by atoms with E-state index in [1.807, 2.05) is 17.8 Å². The van der Waals surface area contributed by atoms with Gasteiger partial charge in [-0.3, -0.25) is 0 Å². The van der Waals surface area contributed by atoms with Crippen molar-refractivity contribution >= 4 is 0 Å². The SMILES string of the molecule is COCCOCC(O)CCc1nccn1C. The number of ether oxygens (including phenoxy) is 2. The van der Waals surface area contributed by atoms with Crippen molar-refractivity contribution in [1.82, 2.24) is 9.55 Å². The van der Waals surface area contributed by atoms with Crippen LogP contribution < -0.4 is 0 Å². The fourth-order valence-electron chi connectivity index (χ4n) is 1.38. The van der Waals surface area contributed by atoms with Crippen LogP contribution in [0.3, 0.4) is 0 Å². The second-order valence-electron chi connectivity index (χ2n) is 3.71. The Labute approximate surface area is 96.0 Å². The second-order valence-corrected chi connectivity index (χ2v) is 3.71. The fraction of sp³-hybridized carbons (Fsp3) is 0.727. The minimum atomic E-state index is -0.437. The van der Waals surface area contributed by atoms with Crippen molar-refractivity contribution in [2.24, 2.45) is 7.05 Å². The molecule has 1 aromatic rings. The molecule has 0 saturated heterocycles. The highest BCUT2D eigenvalue weighted by Crippen LogP contribution is 2.02. The lowest BCUT2D eigenvalue weighted by atomic mass is 10.2. The van der Waals surface area contributed by atoms with Crippen molar-refractivity contribution in [3.05, 3.63) is 18.2 Å². The molecular weight excluding hydrogens is 208 g/mol. The molecule has 1 heterocycles. The average molecular weight is 228 g/mol. The zero-order chi connectivity index (χ0) is 11.8. The van der Waals surface area contributed by atoms with Crippen LogP contribution >= 0.6 is 0 Å². The van der Waals surface area contributed by atoms with E-state index in [1.54, 1.807) is 13.3 Å². The third kappa shape index (κ3) is 4.74. The monoisotopic (exact) mass is 228 g/mol. The number of rotatable bonds is 8. The molecule has 0 fully saturated rings. The maximum Gasteiger partial charge on any atom is 0.108 e. The quantitative estimate of drug-likeness (QED) is 0.653. The van der Waals surface area contributed by atoms with Gasteiger partial charge in [0.2, 0.25) is 0 Å². The first-order valence-corrected chi connectivity index (χ1v) is 5.45. The number of aliphatic hydroxyl groups is 1. The van der Waals surface area contributed by atoms with Crippen molar-refractivity contribution in [2.75, 3.05) is 26.9 Å². The summed E-state index contributed by atoms with van der Waals surface area (Å²) in [5.74, 6) is 0.982. The Kier molecular flexibility index (Phi) is 6.07. The predicted molar refractivity (Wildman–Crippen MR) is 60.2 cm³/mol. The van der Waals surface area contributed by atoms with Crippen LogP contribution in [0.15, 0.2) is 12.4 Å². The van der Waals surface area contributed by atoms with Crippen LogP contribution in [-0.2, 0) is 22.9 Å². The Morgan fingerprint density at radius 1 is 1.50 bits per heavy atom. The third-order valence-electron chi connectivity index (χ3n) is 2.36. The van der Waals surface area contributed by atoms with Gasteiger partial charge in [-0.2, -0.15) is 0 Å². The molecule has 0 bridgehead atoms. The number of methoxy groups -OCH3 is 1. The van der Waals surface area contributed by atoms with E-state index in [0.717, 1.165) is 12.2 Å². The minimum absolute atomic E-state index is 0.355. The standard InChI is InChI=1S/C11H20N2O3/c1-13-6-5-12-11(13)4-3-10(14)9-16-8-7-15-2/h5-6,10,14H,3-4,7-9H2,1-2H3. The largest absolute Gasteiger partial charge is 0.391 e.